The highest BCUT2D eigenvalue weighted by Crippen LogP contribution is 2.32. The van der Waals surface area contributed by atoms with Gasteiger partial charge in [-0.15, -0.1) is 0 Å². The molecule has 0 aromatic heterocycles. The molecule has 1 saturated heterocycles. The number of likely N-dealkylation sites (tertiary alicyclic amines) is 1. The maximum atomic E-state index is 6.39. The second-order valence-corrected chi connectivity index (χ2v) is 6.36. The average molecular weight is 311 g/mol. The number of piperidine rings is 1. The first-order chi connectivity index (χ1) is 10.1. The number of hydrogen-bond acceptors (Lipinski definition) is 3. The fourth-order valence-corrected chi connectivity index (χ4v) is 3.41. The van der Waals surface area contributed by atoms with Crippen LogP contribution in [0.2, 0.25) is 5.02 Å². The molecule has 2 N–H and O–H groups in total. The minimum Gasteiger partial charge on any atom is -0.377 e. The van der Waals surface area contributed by atoms with Crippen molar-refractivity contribution in [3.05, 3.63) is 34.9 Å². The first-order valence-electron chi connectivity index (χ1n) is 7.99. The van der Waals surface area contributed by atoms with Gasteiger partial charge in [0, 0.05) is 24.2 Å². The van der Waals surface area contributed by atoms with Gasteiger partial charge in [-0.1, -0.05) is 36.7 Å². The Balaban J connectivity index is 2.13. The van der Waals surface area contributed by atoms with Crippen molar-refractivity contribution in [3.63, 3.8) is 0 Å². The second-order valence-electron chi connectivity index (χ2n) is 5.96. The zero-order valence-corrected chi connectivity index (χ0v) is 13.9. The summed E-state index contributed by atoms with van der Waals surface area (Å²) in [5.41, 5.74) is 7.40. The topological polar surface area (TPSA) is 38.5 Å². The van der Waals surface area contributed by atoms with E-state index in [9.17, 15) is 0 Å². The van der Waals surface area contributed by atoms with E-state index in [-0.39, 0.29) is 12.1 Å². The van der Waals surface area contributed by atoms with Crippen LogP contribution in [0.25, 0.3) is 0 Å². The van der Waals surface area contributed by atoms with Crippen LogP contribution in [0.5, 0.6) is 0 Å². The summed E-state index contributed by atoms with van der Waals surface area (Å²) in [5.74, 6) is 0. The standard InChI is InChI=1S/C17H27ClN2O/c1-3-11-21-14-7-6-10-20(12-14)17(13(2)19)15-8-4-5-9-16(15)18/h4-5,8-9,13-14,17H,3,6-7,10-12,19H2,1-2H3. The maximum absolute atomic E-state index is 6.39. The van der Waals surface area contributed by atoms with Gasteiger partial charge in [-0.05, 0) is 44.4 Å². The van der Waals surface area contributed by atoms with Gasteiger partial charge in [0.2, 0.25) is 0 Å². The van der Waals surface area contributed by atoms with Gasteiger partial charge in [0.15, 0.2) is 0 Å². The van der Waals surface area contributed by atoms with Gasteiger partial charge in [0.25, 0.3) is 0 Å². The number of nitrogens with two attached hydrogens (primary N) is 1. The Kier molecular flexibility index (Phi) is 6.49. The zero-order valence-electron chi connectivity index (χ0n) is 13.1. The third kappa shape index (κ3) is 4.43. The molecule has 1 aliphatic rings. The summed E-state index contributed by atoms with van der Waals surface area (Å²) in [7, 11) is 0. The summed E-state index contributed by atoms with van der Waals surface area (Å²) in [6, 6.07) is 8.23. The van der Waals surface area contributed by atoms with Crippen molar-refractivity contribution in [2.45, 2.75) is 51.3 Å². The van der Waals surface area contributed by atoms with E-state index in [1.54, 1.807) is 0 Å². The summed E-state index contributed by atoms with van der Waals surface area (Å²) >= 11 is 6.39. The molecule has 118 valence electrons. The van der Waals surface area contributed by atoms with Gasteiger partial charge in [-0.2, -0.15) is 0 Å². The average Bonchev–Trinajstić information content (AvgIpc) is 2.47. The number of rotatable bonds is 6. The number of ether oxygens (including phenoxy) is 1. The molecule has 0 spiro atoms. The molecule has 1 fully saturated rings. The van der Waals surface area contributed by atoms with Crippen molar-refractivity contribution >= 4 is 11.6 Å². The Hall–Kier alpha value is -0.610. The molecule has 0 radical (unpaired) electrons. The lowest BCUT2D eigenvalue weighted by atomic mass is 9.96. The number of hydrogen-bond donors (Lipinski definition) is 1. The Labute approximate surface area is 133 Å². The quantitative estimate of drug-likeness (QED) is 0.872. The monoisotopic (exact) mass is 310 g/mol. The van der Waals surface area contributed by atoms with E-state index in [4.69, 9.17) is 22.1 Å². The van der Waals surface area contributed by atoms with Gasteiger partial charge in [0.1, 0.15) is 0 Å². The molecule has 1 aromatic rings. The summed E-state index contributed by atoms with van der Waals surface area (Å²) in [5, 5.41) is 0.802. The normalized spacial score (nSPS) is 23.0. The first-order valence-corrected chi connectivity index (χ1v) is 8.37. The molecular weight excluding hydrogens is 284 g/mol. The van der Waals surface area contributed by atoms with Gasteiger partial charge >= 0.3 is 0 Å². The highest BCUT2D eigenvalue weighted by molar-refractivity contribution is 6.31. The Morgan fingerprint density at radius 1 is 1.43 bits per heavy atom. The zero-order chi connectivity index (χ0) is 15.2. The smallest absolute Gasteiger partial charge is 0.0702 e. The molecule has 0 aliphatic carbocycles. The third-order valence-electron chi connectivity index (χ3n) is 4.08. The van der Waals surface area contributed by atoms with Crippen LogP contribution >= 0.6 is 11.6 Å². The third-order valence-corrected chi connectivity index (χ3v) is 4.43. The highest BCUT2D eigenvalue weighted by atomic mass is 35.5. The SMILES string of the molecule is CCCOC1CCCN(C(c2ccccc2Cl)C(C)N)C1. The molecule has 3 unspecified atom stereocenters. The number of benzene rings is 1. The Morgan fingerprint density at radius 2 is 2.19 bits per heavy atom. The van der Waals surface area contributed by atoms with E-state index in [1.807, 2.05) is 18.2 Å². The minimum absolute atomic E-state index is 0.0369. The van der Waals surface area contributed by atoms with Crippen molar-refractivity contribution in [1.29, 1.82) is 0 Å². The molecule has 1 aliphatic heterocycles. The number of nitrogens with zero attached hydrogens (tertiary/aromatic N) is 1. The van der Waals surface area contributed by atoms with Gasteiger partial charge in [-0.25, -0.2) is 0 Å². The van der Waals surface area contributed by atoms with E-state index in [2.05, 4.69) is 24.8 Å². The molecule has 21 heavy (non-hydrogen) atoms. The van der Waals surface area contributed by atoms with E-state index in [0.29, 0.717) is 6.10 Å². The summed E-state index contributed by atoms with van der Waals surface area (Å²) in [6.45, 7) is 7.05. The molecule has 2 rings (SSSR count). The van der Waals surface area contributed by atoms with Crippen LogP contribution in [-0.4, -0.2) is 36.7 Å². The van der Waals surface area contributed by atoms with Crippen LogP contribution in [0.4, 0.5) is 0 Å². The lowest BCUT2D eigenvalue weighted by molar-refractivity contribution is -0.0155. The van der Waals surface area contributed by atoms with Crippen LogP contribution in [0.3, 0.4) is 0 Å². The highest BCUT2D eigenvalue weighted by Gasteiger charge is 2.30. The Morgan fingerprint density at radius 3 is 2.86 bits per heavy atom. The van der Waals surface area contributed by atoms with Crippen molar-refractivity contribution in [1.82, 2.24) is 4.90 Å². The molecule has 3 nitrogen and oxygen atoms in total. The molecule has 0 amide bonds. The molecular formula is C17H27ClN2O. The van der Waals surface area contributed by atoms with Crippen LogP contribution in [0.15, 0.2) is 24.3 Å². The lowest BCUT2D eigenvalue weighted by Crippen LogP contribution is -2.47. The molecule has 3 atom stereocenters. The fraction of sp³-hybridized carbons (Fsp3) is 0.647. The van der Waals surface area contributed by atoms with E-state index in [0.717, 1.165) is 49.5 Å². The number of halogens is 1. The molecule has 0 saturated carbocycles. The predicted octanol–water partition coefficient (Wildman–Crippen LogP) is 3.62. The maximum Gasteiger partial charge on any atom is 0.0702 e. The van der Waals surface area contributed by atoms with Crippen LogP contribution in [0.1, 0.15) is 44.7 Å². The molecule has 4 heteroatoms. The first kappa shape index (κ1) is 16.8. The largest absolute Gasteiger partial charge is 0.377 e. The molecule has 0 bridgehead atoms. The molecule has 1 heterocycles. The van der Waals surface area contributed by atoms with Gasteiger partial charge < -0.3 is 10.5 Å². The second kappa shape index (κ2) is 8.14. The minimum atomic E-state index is 0.0369. The van der Waals surface area contributed by atoms with Crippen LogP contribution < -0.4 is 5.73 Å². The van der Waals surface area contributed by atoms with Crippen molar-refractivity contribution in [2.24, 2.45) is 5.73 Å². The van der Waals surface area contributed by atoms with Crippen LogP contribution in [-0.2, 0) is 4.74 Å². The van der Waals surface area contributed by atoms with E-state index in [1.165, 1.54) is 0 Å². The lowest BCUT2D eigenvalue weighted by Gasteiger charge is -2.40. The van der Waals surface area contributed by atoms with Gasteiger partial charge in [0.05, 0.1) is 12.1 Å². The summed E-state index contributed by atoms with van der Waals surface area (Å²) < 4.78 is 5.94. The van der Waals surface area contributed by atoms with Gasteiger partial charge in [-0.3, -0.25) is 4.90 Å². The summed E-state index contributed by atoms with van der Waals surface area (Å²) in [4.78, 5) is 2.44. The van der Waals surface area contributed by atoms with E-state index >= 15 is 0 Å². The van der Waals surface area contributed by atoms with E-state index < -0.39 is 0 Å². The fourth-order valence-electron chi connectivity index (χ4n) is 3.17. The Bertz CT molecular complexity index is 439. The van der Waals surface area contributed by atoms with Crippen molar-refractivity contribution in [3.8, 4) is 0 Å². The van der Waals surface area contributed by atoms with Crippen molar-refractivity contribution in [2.75, 3.05) is 19.7 Å². The van der Waals surface area contributed by atoms with Crippen molar-refractivity contribution < 1.29 is 4.74 Å². The predicted molar refractivity (Wildman–Crippen MR) is 88.7 cm³/mol. The molecule has 1 aromatic carbocycles. The summed E-state index contributed by atoms with van der Waals surface area (Å²) in [6.07, 6.45) is 3.69. The van der Waals surface area contributed by atoms with Crippen LogP contribution in [0, 0.1) is 0 Å².